The van der Waals surface area contributed by atoms with E-state index in [1.54, 1.807) is 18.4 Å². The van der Waals surface area contributed by atoms with Gasteiger partial charge in [-0.3, -0.25) is 4.90 Å². The summed E-state index contributed by atoms with van der Waals surface area (Å²) in [6, 6.07) is 0.760. The fraction of sp³-hybridized carbons (Fsp3) is 0.786. The van der Waals surface area contributed by atoms with E-state index in [1.807, 2.05) is 0 Å². The molecule has 1 aromatic rings. The van der Waals surface area contributed by atoms with Gasteiger partial charge in [0, 0.05) is 51.3 Å². The van der Waals surface area contributed by atoms with Crippen LogP contribution in [-0.4, -0.2) is 62.4 Å². The van der Waals surface area contributed by atoms with Gasteiger partial charge in [-0.05, 0) is 19.4 Å². The Balaban J connectivity index is 1.51. The molecule has 2 aliphatic rings. The summed E-state index contributed by atoms with van der Waals surface area (Å²) < 4.78 is 5.03. The van der Waals surface area contributed by atoms with Crippen LogP contribution in [0.4, 0.5) is 5.13 Å². The number of anilines is 1. The van der Waals surface area contributed by atoms with Gasteiger partial charge in [0.2, 0.25) is 0 Å². The van der Waals surface area contributed by atoms with Crippen LogP contribution in [0.2, 0.25) is 0 Å². The molecule has 0 spiro atoms. The number of hydrogen-bond donors (Lipinski definition) is 1. The number of fused-ring (bicyclic) bond motifs is 1. The van der Waals surface area contributed by atoms with Gasteiger partial charge in [-0.25, -0.2) is 4.98 Å². The molecule has 2 saturated heterocycles. The second kappa shape index (κ2) is 6.85. The second-order valence-corrected chi connectivity index (χ2v) is 6.41. The third-order valence-electron chi connectivity index (χ3n) is 4.19. The highest BCUT2D eigenvalue weighted by Crippen LogP contribution is 2.27. The summed E-state index contributed by atoms with van der Waals surface area (Å²) in [5.41, 5.74) is 1.15. The molecule has 1 atom stereocenters. The summed E-state index contributed by atoms with van der Waals surface area (Å²) in [6.45, 7) is 7.25. The van der Waals surface area contributed by atoms with E-state index in [9.17, 15) is 0 Å². The van der Waals surface area contributed by atoms with Crippen molar-refractivity contribution in [1.82, 2.24) is 15.2 Å². The number of piperazine rings is 1. The normalized spacial score (nSPS) is 23.2. The topological polar surface area (TPSA) is 40.6 Å². The molecule has 5 nitrogen and oxygen atoms in total. The number of rotatable bonds is 6. The van der Waals surface area contributed by atoms with Crippen LogP contribution in [-0.2, 0) is 11.3 Å². The van der Waals surface area contributed by atoms with Gasteiger partial charge in [0.15, 0.2) is 5.13 Å². The van der Waals surface area contributed by atoms with Crippen LogP contribution < -0.4 is 10.2 Å². The van der Waals surface area contributed by atoms with Crippen LogP contribution in [0.3, 0.4) is 0 Å². The van der Waals surface area contributed by atoms with E-state index >= 15 is 0 Å². The average Bonchev–Trinajstić information content (AvgIpc) is 3.11. The molecule has 2 aliphatic heterocycles. The number of nitrogens with one attached hydrogen (secondary N) is 1. The van der Waals surface area contributed by atoms with Crippen LogP contribution >= 0.6 is 11.3 Å². The summed E-state index contributed by atoms with van der Waals surface area (Å²) in [5.74, 6) is 0. The molecule has 0 amide bonds. The van der Waals surface area contributed by atoms with Gasteiger partial charge in [-0.2, -0.15) is 0 Å². The molecule has 20 heavy (non-hydrogen) atoms. The van der Waals surface area contributed by atoms with Crippen LogP contribution in [0.15, 0.2) is 5.38 Å². The van der Waals surface area contributed by atoms with E-state index in [0.717, 1.165) is 44.5 Å². The zero-order valence-electron chi connectivity index (χ0n) is 12.2. The minimum absolute atomic E-state index is 0.751. The first-order chi connectivity index (χ1) is 9.86. The predicted molar refractivity (Wildman–Crippen MR) is 82.5 cm³/mol. The Morgan fingerprint density at radius 2 is 2.40 bits per heavy atom. The SMILES string of the molecule is COCCNCc1csc(N2CCN3CCCC3C2)n1. The third-order valence-corrected chi connectivity index (χ3v) is 5.14. The molecule has 3 rings (SSSR count). The summed E-state index contributed by atoms with van der Waals surface area (Å²) in [4.78, 5) is 9.87. The quantitative estimate of drug-likeness (QED) is 0.798. The molecule has 1 N–H and O–H groups in total. The number of thiazole rings is 1. The lowest BCUT2D eigenvalue weighted by molar-refractivity contribution is 0.199. The molecule has 0 aromatic carbocycles. The molecule has 0 saturated carbocycles. The van der Waals surface area contributed by atoms with E-state index in [1.165, 1.54) is 31.1 Å². The van der Waals surface area contributed by atoms with E-state index in [-0.39, 0.29) is 0 Å². The predicted octanol–water partition coefficient (Wildman–Crippen LogP) is 1.16. The molecule has 0 aliphatic carbocycles. The smallest absolute Gasteiger partial charge is 0.185 e. The van der Waals surface area contributed by atoms with Gasteiger partial charge >= 0.3 is 0 Å². The lowest BCUT2D eigenvalue weighted by atomic mass is 10.2. The molecule has 1 unspecified atom stereocenters. The number of nitrogens with zero attached hydrogens (tertiary/aromatic N) is 3. The van der Waals surface area contributed by atoms with Crippen molar-refractivity contribution < 1.29 is 4.74 Å². The monoisotopic (exact) mass is 296 g/mol. The Labute approximate surface area is 124 Å². The van der Waals surface area contributed by atoms with Gasteiger partial charge in [0.05, 0.1) is 12.3 Å². The van der Waals surface area contributed by atoms with Crippen LogP contribution in [0.1, 0.15) is 18.5 Å². The Hall–Kier alpha value is -0.690. The first-order valence-electron chi connectivity index (χ1n) is 7.50. The Kier molecular flexibility index (Phi) is 4.88. The molecule has 0 radical (unpaired) electrons. The maximum Gasteiger partial charge on any atom is 0.185 e. The highest BCUT2D eigenvalue weighted by atomic mass is 32.1. The van der Waals surface area contributed by atoms with Crippen molar-refractivity contribution >= 4 is 16.5 Å². The summed E-state index contributed by atoms with van der Waals surface area (Å²) in [5, 5.41) is 6.72. The van der Waals surface area contributed by atoms with E-state index in [4.69, 9.17) is 9.72 Å². The van der Waals surface area contributed by atoms with Gasteiger partial charge in [-0.1, -0.05) is 0 Å². The van der Waals surface area contributed by atoms with Gasteiger partial charge in [-0.15, -0.1) is 11.3 Å². The summed E-state index contributed by atoms with van der Waals surface area (Å²) >= 11 is 1.78. The highest BCUT2D eigenvalue weighted by Gasteiger charge is 2.31. The van der Waals surface area contributed by atoms with Gasteiger partial charge < -0.3 is 15.0 Å². The largest absolute Gasteiger partial charge is 0.383 e. The number of methoxy groups -OCH3 is 1. The fourth-order valence-electron chi connectivity index (χ4n) is 3.08. The molecule has 3 heterocycles. The summed E-state index contributed by atoms with van der Waals surface area (Å²) in [7, 11) is 1.73. The standard InChI is InChI=1S/C14H24N4OS/c1-19-8-4-15-9-12-11-20-14(16-12)18-7-6-17-5-2-3-13(17)10-18/h11,13,15H,2-10H2,1H3. The zero-order valence-corrected chi connectivity index (χ0v) is 13.0. The minimum Gasteiger partial charge on any atom is -0.383 e. The first-order valence-corrected chi connectivity index (χ1v) is 8.38. The Bertz CT molecular complexity index is 425. The maximum atomic E-state index is 5.03. The van der Waals surface area contributed by atoms with Crippen molar-refractivity contribution in [2.45, 2.75) is 25.4 Å². The zero-order chi connectivity index (χ0) is 13.8. The van der Waals surface area contributed by atoms with Crippen molar-refractivity contribution in [1.29, 1.82) is 0 Å². The average molecular weight is 296 g/mol. The first kappa shape index (κ1) is 14.3. The van der Waals surface area contributed by atoms with Gasteiger partial charge in [0.25, 0.3) is 0 Å². The maximum absolute atomic E-state index is 5.03. The van der Waals surface area contributed by atoms with Crippen molar-refractivity contribution in [2.24, 2.45) is 0 Å². The fourth-order valence-corrected chi connectivity index (χ4v) is 3.94. The van der Waals surface area contributed by atoms with Crippen molar-refractivity contribution in [2.75, 3.05) is 51.3 Å². The van der Waals surface area contributed by atoms with Crippen molar-refractivity contribution in [3.63, 3.8) is 0 Å². The summed E-state index contributed by atoms with van der Waals surface area (Å²) in [6.07, 6.45) is 2.72. The molecule has 1 aromatic heterocycles. The lowest BCUT2D eigenvalue weighted by Gasteiger charge is -2.37. The number of hydrogen-bond acceptors (Lipinski definition) is 6. The van der Waals surface area contributed by atoms with Crippen LogP contribution in [0.5, 0.6) is 0 Å². The highest BCUT2D eigenvalue weighted by molar-refractivity contribution is 7.13. The molecule has 6 heteroatoms. The van der Waals surface area contributed by atoms with E-state index in [2.05, 4.69) is 20.5 Å². The van der Waals surface area contributed by atoms with E-state index < -0.39 is 0 Å². The minimum atomic E-state index is 0.751. The molecular formula is C14H24N4OS. The Morgan fingerprint density at radius 3 is 3.30 bits per heavy atom. The van der Waals surface area contributed by atoms with E-state index in [0.29, 0.717) is 0 Å². The molecular weight excluding hydrogens is 272 g/mol. The number of ether oxygens (including phenoxy) is 1. The van der Waals surface area contributed by atoms with Crippen LogP contribution in [0, 0.1) is 0 Å². The third kappa shape index (κ3) is 3.31. The molecule has 112 valence electrons. The van der Waals surface area contributed by atoms with Crippen molar-refractivity contribution in [3.8, 4) is 0 Å². The molecule has 2 fully saturated rings. The number of aromatic nitrogens is 1. The van der Waals surface area contributed by atoms with Gasteiger partial charge in [0.1, 0.15) is 0 Å². The Morgan fingerprint density at radius 1 is 1.45 bits per heavy atom. The second-order valence-electron chi connectivity index (χ2n) is 5.57. The van der Waals surface area contributed by atoms with Crippen molar-refractivity contribution in [3.05, 3.63) is 11.1 Å². The molecule has 0 bridgehead atoms. The van der Waals surface area contributed by atoms with Crippen LogP contribution in [0.25, 0.3) is 0 Å². The lowest BCUT2D eigenvalue weighted by Crippen LogP contribution is -2.50.